The van der Waals surface area contributed by atoms with E-state index in [1.807, 2.05) is 0 Å². The van der Waals surface area contributed by atoms with Crippen molar-refractivity contribution in [3.05, 3.63) is 17.8 Å². The van der Waals surface area contributed by atoms with Crippen molar-refractivity contribution in [2.45, 2.75) is 16.9 Å². The second kappa shape index (κ2) is 7.66. The molecule has 0 saturated carbocycles. The SMILES string of the molecule is CS(=O)(=O)OCC1(COS(C)(=O)=O)OC[C@@H](n2cnc3c(Cl)ncnc32)[C@@H]1S. The lowest BCUT2D eigenvalue weighted by Crippen LogP contribution is -2.48. The molecule has 2 atom stereocenters. The van der Waals surface area contributed by atoms with Crippen LogP contribution in [0.2, 0.25) is 5.15 Å². The second-order valence-corrected chi connectivity index (χ2v) is 10.5. The highest BCUT2D eigenvalue weighted by Gasteiger charge is 2.51. The van der Waals surface area contributed by atoms with Crippen LogP contribution in [-0.2, 0) is 33.3 Å². The average molecular weight is 473 g/mol. The van der Waals surface area contributed by atoms with E-state index in [1.165, 1.54) is 12.7 Å². The van der Waals surface area contributed by atoms with Crippen molar-refractivity contribution in [2.24, 2.45) is 0 Å². The zero-order valence-electron chi connectivity index (χ0n) is 14.7. The fraction of sp³-hybridized carbons (Fsp3) is 0.615. The lowest BCUT2D eigenvalue weighted by Gasteiger charge is -2.31. The van der Waals surface area contributed by atoms with Crippen molar-refractivity contribution in [1.82, 2.24) is 19.5 Å². The van der Waals surface area contributed by atoms with Crippen LogP contribution in [0, 0.1) is 0 Å². The van der Waals surface area contributed by atoms with E-state index >= 15 is 0 Å². The minimum atomic E-state index is -3.81. The van der Waals surface area contributed by atoms with Crippen molar-refractivity contribution in [3.63, 3.8) is 0 Å². The number of halogens is 1. The van der Waals surface area contributed by atoms with Crippen LogP contribution in [0.3, 0.4) is 0 Å². The van der Waals surface area contributed by atoms with E-state index in [2.05, 4.69) is 27.6 Å². The zero-order chi connectivity index (χ0) is 20.7. The molecule has 11 nitrogen and oxygen atoms in total. The molecule has 1 aliphatic heterocycles. The molecular formula is C13H17ClN4O7S3. The van der Waals surface area contributed by atoms with Crippen LogP contribution < -0.4 is 0 Å². The zero-order valence-corrected chi connectivity index (χ0v) is 18.0. The van der Waals surface area contributed by atoms with Gasteiger partial charge in [0, 0.05) is 0 Å². The highest BCUT2D eigenvalue weighted by Crippen LogP contribution is 2.40. The monoisotopic (exact) mass is 472 g/mol. The number of thiol groups is 1. The van der Waals surface area contributed by atoms with Gasteiger partial charge >= 0.3 is 0 Å². The standard InChI is InChI=1S/C13H17ClN4O7S3/c1-27(19,20)24-4-13(5-25-28(2,21)22)10(26)8(3-23-13)18-7-17-9-11(14)15-6-16-12(9)18/h6-8,10,26H,3-5H2,1-2H3/t8-,10+/m1/s1. The summed E-state index contributed by atoms with van der Waals surface area (Å²) in [5.74, 6) is 0. The van der Waals surface area contributed by atoms with E-state index in [0.29, 0.717) is 11.2 Å². The molecule has 1 fully saturated rings. The largest absolute Gasteiger partial charge is 0.367 e. The molecule has 0 aliphatic carbocycles. The molecule has 15 heteroatoms. The first-order valence-corrected chi connectivity index (χ1v) is 12.3. The summed E-state index contributed by atoms with van der Waals surface area (Å²) in [6.45, 7) is -0.899. The van der Waals surface area contributed by atoms with Crippen molar-refractivity contribution in [2.75, 3.05) is 32.3 Å². The Labute approximate surface area is 172 Å². The number of imidazole rings is 1. The van der Waals surface area contributed by atoms with Crippen LogP contribution in [0.1, 0.15) is 6.04 Å². The molecule has 0 spiro atoms. The molecule has 0 aromatic carbocycles. The van der Waals surface area contributed by atoms with Gasteiger partial charge in [-0.25, -0.2) is 15.0 Å². The van der Waals surface area contributed by atoms with Gasteiger partial charge in [-0.05, 0) is 0 Å². The second-order valence-electron chi connectivity index (χ2n) is 6.31. The molecule has 0 unspecified atom stereocenters. The molecule has 1 aliphatic rings. The molecule has 2 aromatic rings. The molecule has 28 heavy (non-hydrogen) atoms. The number of hydrogen-bond acceptors (Lipinski definition) is 11. The van der Waals surface area contributed by atoms with Crippen molar-refractivity contribution in [3.8, 4) is 0 Å². The van der Waals surface area contributed by atoms with E-state index in [4.69, 9.17) is 24.7 Å². The van der Waals surface area contributed by atoms with E-state index < -0.39 is 50.3 Å². The molecule has 3 rings (SSSR count). The van der Waals surface area contributed by atoms with Crippen LogP contribution in [0.5, 0.6) is 0 Å². The highest BCUT2D eigenvalue weighted by molar-refractivity contribution is 7.86. The number of rotatable bonds is 7. The normalized spacial score (nSPS) is 22.7. The van der Waals surface area contributed by atoms with Gasteiger partial charge in [0.25, 0.3) is 20.2 Å². The van der Waals surface area contributed by atoms with Gasteiger partial charge in [-0.3, -0.25) is 8.37 Å². The maximum Gasteiger partial charge on any atom is 0.264 e. The number of aromatic nitrogens is 4. The number of fused-ring (bicyclic) bond motifs is 1. The topological polar surface area (TPSA) is 140 Å². The summed E-state index contributed by atoms with van der Waals surface area (Å²) in [6.07, 6.45) is 4.51. The van der Waals surface area contributed by atoms with E-state index in [1.54, 1.807) is 4.57 Å². The Morgan fingerprint density at radius 1 is 1.21 bits per heavy atom. The Kier molecular flexibility index (Phi) is 5.93. The number of nitrogens with zero attached hydrogens (tertiary/aromatic N) is 4. The molecule has 0 radical (unpaired) electrons. The number of hydrogen-bond donors (Lipinski definition) is 1. The molecular weight excluding hydrogens is 456 g/mol. The molecule has 3 heterocycles. The van der Waals surface area contributed by atoms with Gasteiger partial charge in [0.05, 0.1) is 50.0 Å². The van der Waals surface area contributed by atoms with Crippen LogP contribution in [0.25, 0.3) is 11.2 Å². The molecule has 0 amide bonds. The third-order valence-electron chi connectivity index (χ3n) is 4.15. The summed E-state index contributed by atoms with van der Waals surface area (Å²) in [6, 6.07) is -0.481. The summed E-state index contributed by atoms with van der Waals surface area (Å²) in [5.41, 5.74) is -0.647. The van der Waals surface area contributed by atoms with Gasteiger partial charge < -0.3 is 9.30 Å². The number of ether oxygens (including phenoxy) is 1. The summed E-state index contributed by atoms with van der Waals surface area (Å²) < 4.78 is 63.0. The van der Waals surface area contributed by atoms with Gasteiger partial charge in [-0.2, -0.15) is 29.5 Å². The maximum atomic E-state index is 11.5. The van der Waals surface area contributed by atoms with Crippen LogP contribution in [-0.4, -0.2) is 79.5 Å². The molecule has 0 N–H and O–H groups in total. The van der Waals surface area contributed by atoms with Gasteiger partial charge in [0.2, 0.25) is 0 Å². The molecule has 1 saturated heterocycles. The average Bonchev–Trinajstić information content (AvgIpc) is 3.13. The van der Waals surface area contributed by atoms with Crippen LogP contribution in [0.4, 0.5) is 0 Å². The minimum absolute atomic E-state index is 0.0570. The van der Waals surface area contributed by atoms with Gasteiger partial charge in [-0.1, -0.05) is 11.6 Å². The quantitative estimate of drug-likeness (QED) is 0.333. The Morgan fingerprint density at radius 2 is 1.82 bits per heavy atom. The lowest BCUT2D eigenvalue weighted by molar-refractivity contribution is -0.0534. The summed E-state index contributed by atoms with van der Waals surface area (Å²) >= 11 is 10.6. The van der Waals surface area contributed by atoms with Crippen LogP contribution >= 0.6 is 24.2 Å². The first-order chi connectivity index (χ1) is 12.9. The predicted molar refractivity (Wildman–Crippen MR) is 102 cm³/mol. The van der Waals surface area contributed by atoms with Crippen molar-refractivity contribution in [1.29, 1.82) is 0 Å². The predicted octanol–water partition coefficient (Wildman–Crippen LogP) is 0.0406. The van der Waals surface area contributed by atoms with Crippen LogP contribution in [0.15, 0.2) is 12.7 Å². The fourth-order valence-corrected chi connectivity index (χ4v) is 4.24. The maximum absolute atomic E-state index is 11.5. The van der Waals surface area contributed by atoms with Gasteiger partial charge in [0.15, 0.2) is 10.8 Å². The third kappa shape index (κ3) is 4.58. The third-order valence-corrected chi connectivity index (χ3v) is 6.33. The molecule has 156 valence electrons. The Bertz CT molecular complexity index is 1050. The van der Waals surface area contributed by atoms with E-state index in [-0.39, 0.29) is 11.8 Å². The summed E-state index contributed by atoms with van der Waals surface area (Å²) in [5, 5.41) is -0.549. The lowest BCUT2D eigenvalue weighted by atomic mass is 9.99. The van der Waals surface area contributed by atoms with E-state index in [0.717, 1.165) is 12.5 Å². The Balaban J connectivity index is 1.94. The highest BCUT2D eigenvalue weighted by atomic mass is 35.5. The summed E-state index contributed by atoms with van der Waals surface area (Å²) in [7, 11) is -7.63. The molecule has 2 aromatic heterocycles. The van der Waals surface area contributed by atoms with Crippen molar-refractivity contribution >= 4 is 55.6 Å². The van der Waals surface area contributed by atoms with E-state index in [9.17, 15) is 16.8 Å². The van der Waals surface area contributed by atoms with Gasteiger partial charge in [-0.15, -0.1) is 0 Å². The van der Waals surface area contributed by atoms with Crippen molar-refractivity contribution < 1.29 is 29.9 Å². The fourth-order valence-electron chi connectivity index (χ4n) is 2.79. The first kappa shape index (κ1) is 21.7. The molecule has 0 bridgehead atoms. The first-order valence-electron chi connectivity index (χ1n) is 7.76. The minimum Gasteiger partial charge on any atom is -0.367 e. The smallest absolute Gasteiger partial charge is 0.264 e. The summed E-state index contributed by atoms with van der Waals surface area (Å²) in [4.78, 5) is 12.2. The Hall–Kier alpha value is -1.03. The van der Waals surface area contributed by atoms with Gasteiger partial charge in [0.1, 0.15) is 17.4 Å². The Morgan fingerprint density at radius 3 is 2.39 bits per heavy atom.